The first-order valence-corrected chi connectivity index (χ1v) is 7.34. The molecule has 0 radical (unpaired) electrons. The standard InChI is InChI=1S/C16H19NO4/c18-14-9-12-3-1-2-4-13(12)15(16(19)20)17(14)10-11-5-7-21-8-6-11/h1-4,11,15H,5-10H2,(H,19,20)/t15-/m0/s1. The number of amides is 1. The molecule has 2 aliphatic heterocycles. The number of hydrogen-bond donors (Lipinski definition) is 1. The van der Waals surface area contributed by atoms with Gasteiger partial charge in [0.05, 0.1) is 6.42 Å². The molecule has 1 aromatic carbocycles. The number of nitrogens with zero attached hydrogens (tertiary/aromatic N) is 1. The molecule has 2 heterocycles. The van der Waals surface area contributed by atoms with E-state index in [0.717, 1.165) is 24.0 Å². The summed E-state index contributed by atoms with van der Waals surface area (Å²) in [7, 11) is 0. The molecule has 112 valence electrons. The third-order valence-electron chi connectivity index (χ3n) is 4.35. The number of carbonyl (C=O) groups excluding carboxylic acids is 1. The maximum absolute atomic E-state index is 12.4. The van der Waals surface area contributed by atoms with E-state index in [9.17, 15) is 14.7 Å². The Labute approximate surface area is 123 Å². The minimum atomic E-state index is -0.956. The summed E-state index contributed by atoms with van der Waals surface area (Å²) in [5, 5.41) is 9.58. The number of benzene rings is 1. The monoisotopic (exact) mass is 289 g/mol. The minimum absolute atomic E-state index is 0.0902. The fourth-order valence-corrected chi connectivity index (χ4v) is 3.22. The predicted molar refractivity (Wildman–Crippen MR) is 75.8 cm³/mol. The normalized spacial score (nSPS) is 23.0. The Kier molecular flexibility index (Phi) is 3.92. The van der Waals surface area contributed by atoms with Crippen LogP contribution in [0.5, 0.6) is 0 Å². The van der Waals surface area contributed by atoms with Crippen molar-refractivity contribution in [2.24, 2.45) is 5.92 Å². The predicted octanol–water partition coefficient (Wildman–Crippen LogP) is 1.62. The zero-order chi connectivity index (χ0) is 14.8. The van der Waals surface area contributed by atoms with Gasteiger partial charge in [0, 0.05) is 19.8 Å². The summed E-state index contributed by atoms with van der Waals surface area (Å²) in [5.74, 6) is -0.718. The van der Waals surface area contributed by atoms with Gasteiger partial charge in [0.2, 0.25) is 5.91 Å². The Morgan fingerprint density at radius 3 is 2.71 bits per heavy atom. The van der Waals surface area contributed by atoms with E-state index in [1.807, 2.05) is 24.3 Å². The maximum atomic E-state index is 12.4. The summed E-state index contributed by atoms with van der Waals surface area (Å²) < 4.78 is 5.33. The first kappa shape index (κ1) is 14.1. The zero-order valence-electron chi connectivity index (χ0n) is 11.8. The van der Waals surface area contributed by atoms with Crippen LogP contribution in [0, 0.1) is 5.92 Å². The van der Waals surface area contributed by atoms with Gasteiger partial charge in [0.1, 0.15) is 0 Å². The second kappa shape index (κ2) is 5.85. The number of rotatable bonds is 3. The maximum Gasteiger partial charge on any atom is 0.331 e. The number of fused-ring (bicyclic) bond motifs is 1. The topological polar surface area (TPSA) is 66.8 Å². The van der Waals surface area contributed by atoms with Crippen molar-refractivity contribution >= 4 is 11.9 Å². The molecule has 21 heavy (non-hydrogen) atoms. The summed E-state index contributed by atoms with van der Waals surface area (Å²) in [6, 6.07) is 6.48. The van der Waals surface area contributed by atoms with Gasteiger partial charge in [-0.15, -0.1) is 0 Å². The van der Waals surface area contributed by atoms with E-state index in [0.29, 0.717) is 32.1 Å². The summed E-state index contributed by atoms with van der Waals surface area (Å²) in [6.45, 7) is 1.90. The van der Waals surface area contributed by atoms with E-state index in [-0.39, 0.29) is 5.91 Å². The molecule has 1 atom stereocenters. The highest BCUT2D eigenvalue weighted by atomic mass is 16.5. The van der Waals surface area contributed by atoms with Crippen LogP contribution in [0.15, 0.2) is 24.3 Å². The lowest BCUT2D eigenvalue weighted by Crippen LogP contribution is -2.46. The van der Waals surface area contributed by atoms with Gasteiger partial charge in [-0.25, -0.2) is 4.79 Å². The summed E-state index contributed by atoms with van der Waals surface area (Å²) in [6.07, 6.45) is 2.07. The van der Waals surface area contributed by atoms with E-state index in [2.05, 4.69) is 0 Å². The summed E-state index contributed by atoms with van der Waals surface area (Å²) in [5.41, 5.74) is 1.58. The van der Waals surface area contributed by atoms with Crippen molar-refractivity contribution in [2.45, 2.75) is 25.3 Å². The Morgan fingerprint density at radius 1 is 1.29 bits per heavy atom. The fourth-order valence-electron chi connectivity index (χ4n) is 3.22. The molecule has 1 fully saturated rings. The number of hydrogen-bond acceptors (Lipinski definition) is 3. The lowest BCUT2D eigenvalue weighted by atomic mass is 9.90. The van der Waals surface area contributed by atoms with Gasteiger partial charge in [-0.1, -0.05) is 24.3 Å². The summed E-state index contributed by atoms with van der Waals surface area (Å²) >= 11 is 0. The van der Waals surface area contributed by atoms with Crippen LogP contribution in [0.2, 0.25) is 0 Å². The molecule has 3 rings (SSSR count). The molecule has 0 aromatic heterocycles. The molecule has 0 aliphatic carbocycles. The van der Waals surface area contributed by atoms with Gasteiger partial charge in [0.25, 0.3) is 0 Å². The van der Waals surface area contributed by atoms with Crippen molar-refractivity contribution in [3.63, 3.8) is 0 Å². The zero-order valence-corrected chi connectivity index (χ0v) is 11.8. The molecular formula is C16H19NO4. The number of carboxylic acids is 1. The van der Waals surface area contributed by atoms with Crippen molar-refractivity contribution in [2.75, 3.05) is 19.8 Å². The molecule has 0 unspecified atom stereocenters. The van der Waals surface area contributed by atoms with Crippen LogP contribution in [-0.4, -0.2) is 41.6 Å². The molecule has 0 saturated carbocycles. The van der Waals surface area contributed by atoms with Crippen molar-refractivity contribution in [3.8, 4) is 0 Å². The Hall–Kier alpha value is -1.88. The molecule has 1 aromatic rings. The van der Waals surface area contributed by atoms with Crippen molar-refractivity contribution < 1.29 is 19.4 Å². The molecule has 1 saturated heterocycles. The molecule has 0 bridgehead atoms. The van der Waals surface area contributed by atoms with Gasteiger partial charge in [-0.2, -0.15) is 0 Å². The van der Waals surface area contributed by atoms with Gasteiger partial charge in [-0.05, 0) is 29.9 Å². The minimum Gasteiger partial charge on any atom is -0.479 e. The third kappa shape index (κ3) is 2.78. The third-order valence-corrected chi connectivity index (χ3v) is 4.35. The van der Waals surface area contributed by atoms with Crippen molar-refractivity contribution in [1.82, 2.24) is 4.90 Å². The number of carbonyl (C=O) groups is 2. The molecule has 5 nitrogen and oxygen atoms in total. The van der Waals surface area contributed by atoms with Crippen molar-refractivity contribution in [3.05, 3.63) is 35.4 Å². The first-order chi connectivity index (χ1) is 10.2. The van der Waals surface area contributed by atoms with Gasteiger partial charge < -0.3 is 14.7 Å². The van der Waals surface area contributed by atoms with E-state index >= 15 is 0 Å². The lowest BCUT2D eigenvalue weighted by molar-refractivity contribution is -0.152. The Bertz CT molecular complexity index is 551. The molecular weight excluding hydrogens is 270 g/mol. The highest BCUT2D eigenvalue weighted by molar-refractivity contribution is 5.89. The van der Waals surface area contributed by atoms with Crippen LogP contribution in [-0.2, 0) is 20.7 Å². The first-order valence-electron chi connectivity index (χ1n) is 7.34. The van der Waals surface area contributed by atoms with E-state index in [1.54, 1.807) is 4.90 Å². The van der Waals surface area contributed by atoms with E-state index in [1.165, 1.54) is 0 Å². The Balaban J connectivity index is 1.87. The number of carboxylic acid groups (broad SMARTS) is 1. The SMILES string of the molecule is O=C(O)[C@@H]1c2ccccc2CC(=O)N1CC1CCOCC1. The molecule has 0 spiro atoms. The quantitative estimate of drug-likeness (QED) is 0.918. The number of aliphatic carboxylic acids is 1. The lowest BCUT2D eigenvalue weighted by Gasteiger charge is -2.37. The second-order valence-corrected chi connectivity index (χ2v) is 5.72. The van der Waals surface area contributed by atoms with E-state index in [4.69, 9.17) is 4.74 Å². The van der Waals surface area contributed by atoms with Crippen LogP contribution < -0.4 is 0 Å². The van der Waals surface area contributed by atoms with Crippen LogP contribution in [0.25, 0.3) is 0 Å². The van der Waals surface area contributed by atoms with Gasteiger partial charge in [0.15, 0.2) is 6.04 Å². The molecule has 1 amide bonds. The largest absolute Gasteiger partial charge is 0.479 e. The second-order valence-electron chi connectivity index (χ2n) is 5.72. The van der Waals surface area contributed by atoms with Gasteiger partial charge in [-0.3, -0.25) is 4.79 Å². The molecule has 5 heteroatoms. The van der Waals surface area contributed by atoms with Crippen molar-refractivity contribution in [1.29, 1.82) is 0 Å². The average Bonchev–Trinajstić information content (AvgIpc) is 2.48. The van der Waals surface area contributed by atoms with E-state index < -0.39 is 12.0 Å². The molecule has 1 N–H and O–H groups in total. The highest BCUT2D eigenvalue weighted by Gasteiger charge is 2.38. The molecule has 2 aliphatic rings. The van der Waals surface area contributed by atoms with Gasteiger partial charge >= 0.3 is 5.97 Å². The van der Waals surface area contributed by atoms with Crippen LogP contribution in [0.1, 0.15) is 30.0 Å². The highest BCUT2D eigenvalue weighted by Crippen LogP contribution is 2.32. The van der Waals surface area contributed by atoms with Crippen LogP contribution >= 0.6 is 0 Å². The smallest absolute Gasteiger partial charge is 0.331 e. The number of ether oxygens (including phenoxy) is 1. The van der Waals surface area contributed by atoms with Crippen LogP contribution in [0.4, 0.5) is 0 Å². The van der Waals surface area contributed by atoms with Crippen LogP contribution in [0.3, 0.4) is 0 Å². The average molecular weight is 289 g/mol. The summed E-state index contributed by atoms with van der Waals surface area (Å²) in [4.78, 5) is 25.6. The fraction of sp³-hybridized carbons (Fsp3) is 0.500. The Morgan fingerprint density at radius 2 is 2.00 bits per heavy atom.